The molecule has 0 radical (unpaired) electrons. The van der Waals surface area contributed by atoms with Gasteiger partial charge in [-0.25, -0.2) is 14.8 Å². The van der Waals surface area contributed by atoms with Crippen LogP contribution in [-0.4, -0.2) is 21.0 Å². The average molecular weight is 247 g/mol. The van der Waals surface area contributed by atoms with Gasteiger partial charge in [0.15, 0.2) is 5.16 Å². The van der Waals surface area contributed by atoms with E-state index in [1.165, 1.54) is 17.8 Å². The summed E-state index contributed by atoms with van der Waals surface area (Å²) in [5.74, 6) is -0.997. The molecule has 0 atom stereocenters. The molecule has 5 nitrogen and oxygen atoms in total. The number of benzene rings is 1. The molecule has 1 heterocycles. The van der Waals surface area contributed by atoms with Gasteiger partial charge in [0.2, 0.25) is 0 Å². The van der Waals surface area contributed by atoms with Crippen molar-refractivity contribution in [3.05, 3.63) is 42.2 Å². The summed E-state index contributed by atoms with van der Waals surface area (Å²) in [6.07, 6.45) is 3.20. The molecule has 0 saturated heterocycles. The van der Waals surface area contributed by atoms with Crippen LogP contribution in [0.1, 0.15) is 10.4 Å². The fourth-order valence-electron chi connectivity index (χ4n) is 1.24. The molecule has 0 fully saturated rings. The van der Waals surface area contributed by atoms with Crippen molar-refractivity contribution in [2.75, 3.05) is 5.73 Å². The number of nitrogen functional groups attached to an aromatic ring is 1. The fraction of sp³-hybridized carbons (Fsp3) is 0. The largest absolute Gasteiger partial charge is 0.478 e. The van der Waals surface area contributed by atoms with Crippen molar-refractivity contribution >= 4 is 23.4 Å². The van der Waals surface area contributed by atoms with Crippen LogP contribution < -0.4 is 5.73 Å². The summed E-state index contributed by atoms with van der Waals surface area (Å²) in [5, 5.41) is 9.53. The Labute approximate surface area is 102 Å². The first kappa shape index (κ1) is 11.4. The SMILES string of the molecule is Nc1ccc(C(=O)O)c(Sc2ncccn2)c1. The standard InChI is InChI=1S/C11H9N3O2S/c12-7-2-3-8(10(15)16)9(6-7)17-11-13-4-1-5-14-11/h1-6H,12H2,(H,15,16). The quantitative estimate of drug-likeness (QED) is 0.636. The van der Waals surface area contributed by atoms with E-state index in [2.05, 4.69) is 9.97 Å². The Balaban J connectivity index is 2.37. The topological polar surface area (TPSA) is 89.1 Å². The minimum Gasteiger partial charge on any atom is -0.478 e. The van der Waals surface area contributed by atoms with Crippen LogP contribution in [0.5, 0.6) is 0 Å². The molecule has 3 N–H and O–H groups in total. The minimum atomic E-state index is -0.997. The molecule has 6 heteroatoms. The Hall–Kier alpha value is -2.08. The van der Waals surface area contributed by atoms with Crippen molar-refractivity contribution in [2.45, 2.75) is 10.1 Å². The van der Waals surface area contributed by atoms with Gasteiger partial charge >= 0.3 is 5.97 Å². The number of nitrogens with zero attached hydrogens (tertiary/aromatic N) is 2. The highest BCUT2D eigenvalue weighted by Crippen LogP contribution is 2.29. The zero-order valence-electron chi connectivity index (χ0n) is 8.70. The number of rotatable bonds is 3. The molecule has 86 valence electrons. The molecule has 0 aliphatic heterocycles. The number of nitrogens with two attached hydrogens (primary N) is 1. The molecule has 1 aromatic heterocycles. The van der Waals surface area contributed by atoms with Crippen LogP contribution in [0.4, 0.5) is 5.69 Å². The third kappa shape index (κ3) is 2.73. The van der Waals surface area contributed by atoms with Gasteiger partial charge in [-0.15, -0.1) is 0 Å². The highest BCUT2D eigenvalue weighted by molar-refractivity contribution is 7.99. The summed E-state index contributed by atoms with van der Waals surface area (Å²) < 4.78 is 0. The zero-order valence-corrected chi connectivity index (χ0v) is 9.52. The first-order valence-electron chi connectivity index (χ1n) is 4.74. The molecule has 0 amide bonds. The second kappa shape index (κ2) is 4.84. The first-order valence-corrected chi connectivity index (χ1v) is 5.56. The molecule has 0 saturated carbocycles. The maximum atomic E-state index is 11.0. The minimum absolute atomic E-state index is 0.191. The Morgan fingerprint density at radius 2 is 2.00 bits per heavy atom. The number of hydrogen-bond acceptors (Lipinski definition) is 5. The number of anilines is 1. The van der Waals surface area contributed by atoms with E-state index >= 15 is 0 Å². The van der Waals surface area contributed by atoms with Crippen molar-refractivity contribution in [3.8, 4) is 0 Å². The van der Waals surface area contributed by atoms with Gasteiger partial charge in [-0.2, -0.15) is 0 Å². The average Bonchev–Trinajstić information content (AvgIpc) is 2.30. The van der Waals surface area contributed by atoms with E-state index in [1.54, 1.807) is 30.6 Å². The predicted molar refractivity (Wildman–Crippen MR) is 64.0 cm³/mol. The van der Waals surface area contributed by atoms with Gasteiger partial charge < -0.3 is 10.8 Å². The van der Waals surface area contributed by atoms with E-state index in [9.17, 15) is 4.79 Å². The normalized spacial score (nSPS) is 10.1. The lowest BCUT2D eigenvalue weighted by atomic mass is 10.2. The van der Waals surface area contributed by atoms with Gasteiger partial charge in [0.1, 0.15) is 0 Å². The molecule has 2 rings (SSSR count). The van der Waals surface area contributed by atoms with Crippen LogP contribution >= 0.6 is 11.8 Å². The van der Waals surface area contributed by atoms with E-state index in [0.29, 0.717) is 15.7 Å². The number of carboxylic acid groups (broad SMARTS) is 1. The monoisotopic (exact) mass is 247 g/mol. The Kier molecular flexibility index (Phi) is 3.24. The smallest absolute Gasteiger partial charge is 0.336 e. The summed E-state index contributed by atoms with van der Waals surface area (Å²) in [6.45, 7) is 0. The van der Waals surface area contributed by atoms with E-state index in [4.69, 9.17) is 10.8 Å². The van der Waals surface area contributed by atoms with Crippen LogP contribution in [0.2, 0.25) is 0 Å². The van der Waals surface area contributed by atoms with Gasteiger partial charge in [0, 0.05) is 23.0 Å². The van der Waals surface area contributed by atoms with Crippen LogP contribution in [-0.2, 0) is 0 Å². The van der Waals surface area contributed by atoms with Crippen molar-refractivity contribution in [3.63, 3.8) is 0 Å². The maximum Gasteiger partial charge on any atom is 0.336 e. The lowest BCUT2D eigenvalue weighted by molar-refractivity contribution is 0.0693. The van der Waals surface area contributed by atoms with Gasteiger partial charge in [-0.05, 0) is 36.0 Å². The third-order valence-electron chi connectivity index (χ3n) is 1.98. The van der Waals surface area contributed by atoms with Gasteiger partial charge in [0.05, 0.1) is 5.56 Å². The molecule has 0 bridgehead atoms. The number of carbonyl (C=O) groups is 1. The summed E-state index contributed by atoms with van der Waals surface area (Å²) in [5.41, 5.74) is 6.33. The van der Waals surface area contributed by atoms with Crippen LogP contribution in [0.25, 0.3) is 0 Å². The molecule has 2 aromatic rings. The van der Waals surface area contributed by atoms with Crippen molar-refractivity contribution in [2.24, 2.45) is 0 Å². The summed E-state index contributed by atoms with van der Waals surface area (Å²) in [7, 11) is 0. The van der Waals surface area contributed by atoms with Crippen LogP contribution in [0.3, 0.4) is 0 Å². The van der Waals surface area contributed by atoms with Crippen LogP contribution in [0, 0.1) is 0 Å². The van der Waals surface area contributed by atoms with E-state index in [0.717, 1.165) is 0 Å². The molecule has 0 spiro atoms. The third-order valence-corrected chi connectivity index (χ3v) is 2.93. The molecule has 1 aromatic carbocycles. The summed E-state index contributed by atoms with van der Waals surface area (Å²) >= 11 is 1.17. The Morgan fingerprint density at radius 1 is 1.29 bits per heavy atom. The highest BCUT2D eigenvalue weighted by Gasteiger charge is 2.12. The molecule has 17 heavy (non-hydrogen) atoms. The number of hydrogen-bond donors (Lipinski definition) is 2. The van der Waals surface area contributed by atoms with E-state index in [1.807, 2.05) is 0 Å². The highest BCUT2D eigenvalue weighted by atomic mass is 32.2. The lowest BCUT2D eigenvalue weighted by Crippen LogP contribution is -2.00. The summed E-state index contributed by atoms with van der Waals surface area (Å²) in [4.78, 5) is 19.6. The van der Waals surface area contributed by atoms with E-state index < -0.39 is 5.97 Å². The number of aromatic carboxylic acids is 1. The van der Waals surface area contributed by atoms with E-state index in [-0.39, 0.29) is 5.56 Å². The van der Waals surface area contributed by atoms with Crippen molar-refractivity contribution < 1.29 is 9.90 Å². The molecular weight excluding hydrogens is 238 g/mol. The fourth-order valence-corrected chi connectivity index (χ4v) is 2.12. The van der Waals surface area contributed by atoms with Gasteiger partial charge in [-0.1, -0.05) is 0 Å². The molecule has 0 aliphatic carbocycles. The first-order chi connectivity index (χ1) is 8.16. The van der Waals surface area contributed by atoms with Gasteiger partial charge in [0.25, 0.3) is 0 Å². The van der Waals surface area contributed by atoms with Crippen molar-refractivity contribution in [1.82, 2.24) is 9.97 Å². The molecule has 0 aliphatic rings. The molecule has 0 unspecified atom stereocenters. The Morgan fingerprint density at radius 3 is 2.65 bits per heavy atom. The Bertz CT molecular complexity index is 546. The van der Waals surface area contributed by atoms with Gasteiger partial charge in [-0.3, -0.25) is 0 Å². The second-order valence-corrected chi connectivity index (χ2v) is 4.20. The lowest BCUT2D eigenvalue weighted by Gasteiger charge is -2.05. The number of aromatic nitrogens is 2. The summed E-state index contributed by atoms with van der Waals surface area (Å²) in [6, 6.07) is 6.33. The second-order valence-electron chi connectivity index (χ2n) is 3.19. The maximum absolute atomic E-state index is 11.0. The molecular formula is C11H9N3O2S. The number of carboxylic acids is 1. The predicted octanol–water partition coefficient (Wildman–Crippen LogP) is 1.91. The van der Waals surface area contributed by atoms with Crippen molar-refractivity contribution in [1.29, 1.82) is 0 Å². The zero-order chi connectivity index (χ0) is 12.3. The van der Waals surface area contributed by atoms with Crippen LogP contribution in [0.15, 0.2) is 46.7 Å².